The molecule has 2 aliphatic rings. The largest absolute Gasteiger partial charge is 0.291 e. The molecule has 0 aromatic rings. The predicted molar refractivity (Wildman–Crippen MR) is 46.2 cm³/mol. The number of hydrogen-bond acceptors (Lipinski definition) is 2. The Kier molecular flexibility index (Phi) is 1.65. The molecule has 0 bridgehead atoms. The van der Waals surface area contributed by atoms with Gasteiger partial charge >= 0.3 is 0 Å². The van der Waals surface area contributed by atoms with E-state index in [0.717, 1.165) is 12.3 Å². The highest BCUT2D eigenvalue weighted by Gasteiger charge is 2.52. The van der Waals surface area contributed by atoms with Gasteiger partial charge in [-0.2, -0.15) is 0 Å². The minimum Gasteiger partial charge on any atom is -0.291 e. The molecule has 3 atom stereocenters. The third kappa shape index (κ3) is 1.04. The summed E-state index contributed by atoms with van der Waals surface area (Å²) in [7, 11) is 0. The van der Waals surface area contributed by atoms with Crippen LogP contribution in [-0.2, 0) is 4.79 Å². The Bertz CT molecular complexity index is 217. The van der Waals surface area contributed by atoms with E-state index in [4.69, 9.17) is 0 Å². The van der Waals surface area contributed by atoms with Gasteiger partial charge in [-0.3, -0.25) is 10.2 Å². The Balaban J connectivity index is 2.10. The molecule has 0 aromatic heterocycles. The fourth-order valence-corrected chi connectivity index (χ4v) is 2.36. The highest BCUT2D eigenvalue weighted by molar-refractivity contribution is 5.79. The molecule has 0 aromatic carbocycles. The van der Waals surface area contributed by atoms with Crippen LogP contribution in [0.3, 0.4) is 0 Å². The molecule has 68 valence electrons. The molecule has 1 saturated heterocycles. The number of rotatable bonds is 2. The van der Waals surface area contributed by atoms with Crippen molar-refractivity contribution in [2.24, 2.45) is 11.8 Å². The summed E-state index contributed by atoms with van der Waals surface area (Å²) in [4.78, 5) is 11.1. The predicted octanol–water partition coefficient (Wildman–Crippen LogP) is 0.816. The monoisotopic (exact) mass is 168 g/mol. The maximum atomic E-state index is 11.1. The molecule has 3 nitrogen and oxygen atoms in total. The summed E-state index contributed by atoms with van der Waals surface area (Å²) in [5.74, 6) is 1.66. The first-order valence-electron chi connectivity index (χ1n) is 4.74. The fraction of sp³-hybridized carbons (Fsp3) is 0.889. The third-order valence-corrected chi connectivity index (χ3v) is 3.38. The minimum absolute atomic E-state index is 0.0799. The van der Waals surface area contributed by atoms with Gasteiger partial charge in [-0.25, -0.2) is 5.43 Å². The van der Waals surface area contributed by atoms with Gasteiger partial charge in [0, 0.05) is 12.0 Å². The van der Waals surface area contributed by atoms with Gasteiger partial charge in [0.2, 0.25) is 5.91 Å². The lowest BCUT2D eigenvalue weighted by molar-refractivity contribution is -0.119. The highest BCUT2D eigenvalue weighted by Crippen LogP contribution is 2.49. The second-order valence-electron chi connectivity index (χ2n) is 4.18. The van der Waals surface area contributed by atoms with Gasteiger partial charge in [0.25, 0.3) is 0 Å². The van der Waals surface area contributed by atoms with Gasteiger partial charge < -0.3 is 0 Å². The average Bonchev–Trinajstić information content (AvgIpc) is 2.64. The topological polar surface area (TPSA) is 41.1 Å². The van der Waals surface area contributed by atoms with Crippen LogP contribution < -0.4 is 10.9 Å². The molecule has 2 fully saturated rings. The van der Waals surface area contributed by atoms with Crippen molar-refractivity contribution in [2.75, 3.05) is 0 Å². The van der Waals surface area contributed by atoms with Crippen LogP contribution in [0.5, 0.6) is 0 Å². The van der Waals surface area contributed by atoms with E-state index >= 15 is 0 Å². The first-order valence-corrected chi connectivity index (χ1v) is 4.74. The summed E-state index contributed by atoms with van der Waals surface area (Å²) >= 11 is 0. The van der Waals surface area contributed by atoms with E-state index in [1.54, 1.807) is 0 Å². The number of amides is 1. The molecule has 1 aliphatic carbocycles. The zero-order valence-corrected chi connectivity index (χ0v) is 7.68. The fourth-order valence-electron chi connectivity index (χ4n) is 2.36. The molecule has 2 N–H and O–H groups in total. The second-order valence-corrected chi connectivity index (χ2v) is 4.18. The van der Waals surface area contributed by atoms with Crippen molar-refractivity contribution in [2.45, 2.75) is 38.6 Å². The van der Waals surface area contributed by atoms with E-state index < -0.39 is 0 Å². The molecule has 1 amide bonds. The molecule has 1 aliphatic heterocycles. The summed E-state index contributed by atoms with van der Waals surface area (Å²) in [6, 6.07) is 0. The molecular weight excluding hydrogens is 152 g/mol. The zero-order valence-electron chi connectivity index (χ0n) is 7.68. The van der Waals surface area contributed by atoms with Gasteiger partial charge in [0.1, 0.15) is 0 Å². The maximum Gasteiger partial charge on any atom is 0.236 e. The van der Waals surface area contributed by atoms with Crippen LogP contribution in [0.15, 0.2) is 0 Å². The number of nitrogens with one attached hydrogen (secondary N) is 2. The van der Waals surface area contributed by atoms with Crippen molar-refractivity contribution in [3.63, 3.8) is 0 Å². The van der Waals surface area contributed by atoms with Crippen LogP contribution in [0.4, 0.5) is 0 Å². The van der Waals surface area contributed by atoms with Crippen molar-refractivity contribution < 1.29 is 4.79 Å². The van der Waals surface area contributed by atoms with E-state index in [2.05, 4.69) is 24.7 Å². The molecule has 1 saturated carbocycles. The highest BCUT2D eigenvalue weighted by atomic mass is 16.2. The molecule has 12 heavy (non-hydrogen) atoms. The van der Waals surface area contributed by atoms with Crippen LogP contribution in [0, 0.1) is 11.8 Å². The summed E-state index contributed by atoms with van der Waals surface area (Å²) in [5.41, 5.74) is 5.96. The lowest BCUT2D eigenvalue weighted by atomic mass is 9.87. The molecule has 0 radical (unpaired) electrons. The molecule has 3 unspecified atom stereocenters. The van der Waals surface area contributed by atoms with Gasteiger partial charge in [0.15, 0.2) is 0 Å². The normalized spacial score (nSPS) is 46.0. The zero-order chi connectivity index (χ0) is 8.77. The van der Waals surface area contributed by atoms with E-state index in [1.165, 1.54) is 6.42 Å². The first kappa shape index (κ1) is 8.05. The van der Waals surface area contributed by atoms with E-state index in [9.17, 15) is 4.79 Å². The maximum absolute atomic E-state index is 11.1. The Labute approximate surface area is 72.9 Å². The summed E-state index contributed by atoms with van der Waals surface area (Å²) in [5, 5.41) is 0. The lowest BCUT2D eigenvalue weighted by Crippen LogP contribution is -2.45. The Morgan fingerprint density at radius 3 is 2.67 bits per heavy atom. The van der Waals surface area contributed by atoms with Crippen LogP contribution in [0.1, 0.15) is 33.1 Å². The van der Waals surface area contributed by atoms with Crippen molar-refractivity contribution in [1.29, 1.82) is 0 Å². The standard InChI is InChI=1S/C9H16N2O/c1-3-9(7-4-6(7)2)5-8(12)10-11-9/h6-7,11H,3-5H2,1-2H3,(H,10,12). The van der Waals surface area contributed by atoms with Crippen LogP contribution >= 0.6 is 0 Å². The Hall–Kier alpha value is -0.570. The molecule has 2 rings (SSSR count). The smallest absolute Gasteiger partial charge is 0.236 e. The Morgan fingerprint density at radius 1 is 1.67 bits per heavy atom. The molecular formula is C9H16N2O. The van der Waals surface area contributed by atoms with E-state index in [0.29, 0.717) is 12.3 Å². The second kappa shape index (κ2) is 2.46. The van der Waals surface area contributed by atoms with Gasteiger partial charge in [-0.15, -0.1) is 0 Å². The quantitative estimate of drug-likeness (QED) is 0.641. The molecule has 3 heteroatoms. The summed E-state index contributed by atoms with van der Waals surface area (Å²) in [6.07, 6.45) is 2.98. The molecule has 1 heterocycles. The SMILES string of the molecule is CCC1(C2CC2C)CC(=O)NN1. The first-order chi connectivity index (χ1) is 5.68. The third-order valence-electron chi connectivity index (χ3n) is 3.38. The van der Waals surface area contributed by atoms with Gasteiger partial charge in [0.05, 0.1) is 0 Å². The van der Waals surface area contributed by atoms with Crippen molar-refractivity contribution >= 4 is 5.91 Å². The Morgan fingerprint density at radius 2 is 2.33 bits per heavy atom. The summed E-state index contributed by atoms with van der Waals surface area (Å²) in [6.45, 7) is 4.41. The lowest BCUT2D eigenvalue weighted by Gasteiger charge is -2.26. The number of hydrazine groups is 1. The minimum atomic E-state index is 0.0799. The van der Waals surface area contributed by atoms with Crippen molar-refractivity contribution in [1.82, 2.24) is 10.9 Å². The molecule has 0 spiro atoms. The van der Waals surface area contributed by atoms with Gasteiger partial charge in [-0.1, -0.05) is 13.8 Å². The number of carbonyl (C=O) groups is 1. The van der Waals surface area contributed by atoms with Crippen molar-refractivity contribution in [3.05, 3.63) is 0 Å². The average molecular weight is 168 g/mol. The van der Waals surface area contributed by atoms with Gasteiger partial charge in [-0.05, 0) is 24.7 Å². The van der Waals surface area contributed by atoms with Crippen LogP contribution in [0.2, 0.25) is 0 Å². The van der Waals surface area contributed by atoms with E-state index in [1.807, 2.05) is 0 Å². The van der Waals surface area contributed by atoms with Crippen LogP contribution in [-0.4, -0.2) is 11.4 Å². The number of hydrogen-bond donors (Lipinski definition) is 2. The van der Waals surface area contributed by atoms with Crippen molar-refractivity contribution in [3.8, 4) is 0 Å². The number of carbonyl (C=O) groups excluding carboxylic acids is 1. The summed E-state index contributed by atoms with van der Waals surface area (Å²) < 4.78 is 0. The van der Waals surface area contributed by atoms with Crippen LogP contribution in [0.25, 0.3) is 0 Å². The van der Waals surface area contributed by atoms with E-state index in [-0.39, 0.29) is 11.4 Å².